The monoisotopic (exact) mass is 353 g/mol. The molecule has 1 saturated heterocycles. The van der Waals surface area contributed by atoms with Crippen molar-refractivity contribution in [2.24, 2.45) is 0 Å². The summed E-state index contributed by atoms with van der Waals surface area (Å²) in [4.78, 5) is 18.6. The highest BCUT2D eigenvalue weighted by Gasteiger charge is 2.22. The Morgan fingerprint density at radius 1 is 1.25 bits per heavy atom. The summed E-state index contributed by atoms with van der Waals surface area (Å²) in [6.07, 6.45) is 0. The van der Waals surface area contributed by atoms with Crippen molar-refractivity contribution in [2.45, 2.75) is 26.4 Å². The number of likely N-dealkylation sites (N-methyl/N-ethyl adjacent to an activating group) is 1. The molecule has 0 aliphatic carbocycles. The first-order chi connectivity index (χ1) is 11.4. The summed E-state index contributed by atoms with van der Waals surface area (Å²) in [6, 6.07) is 5.97. The highest BCUT2D eigenvalue weighted by atomic mass is 35.5. The summed E-state index contributed by atoms with van der Waals surface area (Å²) < 4.78 is 5.42. The van der Waals surface area contributed by atoms with E-state index in [2.05, 4.69) is 9.80 Å². The van der Waals surface area contributed by atoms with Crippen molar-refractivity contribution in [2.75, 3.05) is 46.9 Å². The molecule has 2 rings (SSSR count). The van der Waals surface area contributed by atoms with Gasteiger partial charge in [0, 0.05) is 56.4 Å². The summed E-state index contributed by atoms with van der Waals surface area (Å²) >= 11 is 6.10. The highest BCUT2D eigenvalue weighted by Crippen LogP contribution is 2.24. The third-order valence-corrected chi connectivity index (χ3v) is 4.86. The fraction of sp³-hybridized carbons (Fsp3) is 0.611. The maximum atomic E-state index is 12.2. The van der Waals surface area contributed by atoms with Gasteiger partial charge in [-0.3, -0.25) is 14.6 Å². The lowest BCUT2D eigenvalue weighted by atomic mass is 10.1. The second-order valence-electron chi connectivity index (χ2n) is 6.61. The molecule has 0 atom stereocenters. The number of halogens is 1. The third-order valence-electron chi connectivity index (χ3n) is 4.63. The molecule has 0 radical (unpaired) electrons. The van der Waals surface area contributed by atoms with Crippen LogP contribution < -0.4 is 4.74 Å². The van der Waals surface area contributed by atoms with Gasteiger partial charge in [0.05, 0.1) is 13.7 Å². The summed E-state index contributed by atoms with van der Waals surface area (Å²) in [5.74, 6) is 1.06. The molecule has 5 nitrogen and oxygen atoms in total. The fourth-order valence-electron chi connectivity index (χ4n) is 2.81. The van der Waals surface area contributed by atoms with Gasteiger partial charge in [-0.05, 0) is 32.0 Å². The largest absolute Gasteiger partial charge is 0.496 e. The molecule has 0 N–H and O–H groups in total. The van der Waals surface area contributed by atoms with E-state index in [0.29, 0.717) is 6.54 Å². The van der Waals surface area contributed by atoms with Gasteiger partial charge in [0.15, 0.2) is 0 Å². The van der Waals surface area contributed by atoms with Crippen LogP contribution >= 0.6 is 11.6 Å². The molecule has 1 aromatic rings. The van der Waals surface area contributed by atoms with E-state index in [-0.39, 0.29) is 11.9 Å². The van der Waals surface area contributed by atoms with Crippen LogP contribution in [0.3, 0.4) is 0 Å². The van der Waals surface area contributed by atoms with Gasteiger partial charge in [-0.25, -0.2) is 0 Å². The van der Waals surface area contributed by atoms with E-state index >= 15 is 0 Å². The molecular weight excluding hydrogens is 326 g/mol. The predicted octanol–water partition coefficient (Wildman–Crippen LogP) is 2.33. The summed E-state index contributed by atoms with van der Waals surface area (Å²) in [5.41, 5.74) is 1.11. The van der Waals surface area contributed by atoms with Crippen molar-refractivity contribution in [3.63, 3.8) is 0 Å². The molecule has 0 saturated carbocycles. The number of hydrogen-bond acceptors (Lipinski definition) is 4. The summed E-state index contributed by atoms with van der Waals surface area (Å²) in [7, 11) is 3.55. The number of amides is 1. The van der Waals surface area contributed by atoms with E-state index in [1.807, 2.05) is 44.0 Å². The zero-order valence-electron chi connectivity index (χ0n) is 15.1. The van der Waals surface area contributed by atoms with Crippen LogP contribution in [0.1, 0.15) is 19.4 Å². The first-order valence-corrected chi connectivity index (χ1v) is 8.81. The molecule has 0 aromatic heterocycles. The zero-order valence-corrected chi connectivity index (χ0v) is 15.8. The number of benzene rings is 1. The minimum atomic E-state index is 0.190. The van der Waals surface area contributed by atoms with Crippen molar-refractivity contribution in [3.8, 4) is 5.75 Å². The molecule has 6 heteroatoms. The lowest BCUT2D eigenvalue weighted by Crippen LogP contribution is -2.50. The average molecular weight is 354 g/mol. The van der Waals surface area contributed by atoms with Crippen LogP contribution in [0.5, 0.6) is 5.75 Å². The Balaban J connectivity index is 1.85. The van der Waals surface area contributed by atoms with Gasteiger partial charge < -0.3 is 9.64 Å². The van der Waals surface area contributed by atoms with E-state index in [1.54, 1.807) is 7.11 Å². The fourth-order valence-corrected chi connectivity index (χ4v) is 3.00. The average Bonchev–Trinajstić information content (AvgIpc) is 2.56. The maximum Gasteiger partial charge on any atom is 0.236 e. The second-order valence-corrected chi connectivity index (χ2v) is 7.04. The molecule has 0 spiro atoms. The smallest absolute Gasteiger partial charge is 0.236 e. The summed E-state index contributed by atoms with van der Waals surface area (Å²) in [5, 5.41) is 0.728. The third kappa shape index (κ3) is 5.10. The van der Waals surface area contributed by atoms with E-state index in [4.69, 9.17) is 16.3 Å². The topological polar surface area (TPSA) is 36.0 Å². The molecule has 0 bridgehead atoms. The van der Waals surface area contributed by atoms with Gasteiger partial charge in [0.25, 0.3) is 0 Å². The Labute approximate surface area is 150 Å². The van der Waals surface area contributed by atoms with Crippen molar-refractivity contribution in [1.29, 1.82) is 0 Å². The van der Waals surface area contributed by atoms with Gasteiger partial charge in [-0.2, -0.15) is 0 Å². The zero-order chi connectivity index (χ0) is 17.7. The second kappa shape index (κ2) is 8.70. The molecule has 1 amide bonds. The molecule has 1 aliphatic heterocycles. The molecule has 0 unspecified atom stereocenters. The van der Waals surface area contributed by atoms with Crippen LogP contribution in [-0.2, 0) is 11.3 Å². The van der Waals surface area contributed by atoms with Crippen molar-refractivity contribution < 1.29 is 9.53 Å². The number of hydrogen-bond donors (Lipinski definition) is 0. The van der Waals surface area contributed by atoms with Crippen molar-refractivity contribution in [3.05, 3.63) is 28.8 Å². The Kier molecular flexibility index (Phi) is 6.90. The molecule has 1 fully saturated rings. The lowest BCUT2D eigenvalue weighted by molar-refractivity contribution is -0.133. The lowest BCUT2D eigenvalue weighted by Gasteiger charge is -2.35. The number of rotatable bonds is 6. The molecule has 1 heterocycles. The standard InChI is InChI=1S/C18H28ClN3O2/c1-14(2)20(3)18(23)13-22-9-7-21(8-10-22)12-15-11-16(19)5-6-17(15)24-4/h5-6,11,14H,7-10,12-13H2,1-4H3. The Hall–Kier alpha value is -1.30. The van der Waals surface area contributed by atoms with Crippen LogP contribution in [0, 0.1) is 0 Å². The number of methoxy groups -OCH3 is 1. The first-order valence-electron chi connectivity index (χ1n) is 8.43. The number of carbonyl (C=O) groups excluding carboxylic acids is 1. The van der Waals surface area contributed by atoms with Crippen molar-refractivity contribution >= 4 is 17.5 Å². The molecule has 1 aromatic carbocycles. The maximum absolute atomic E-state index is 12.2. The minimum absolute atomic E-state index is 0.190. The number of piperazine rings is 1. The van der Waals surface area contributed by atoms with Gasteiger partial charge >= 0.3 is 0 Å². The molecular formula is C18H28ClN3O2. The van der Waals surface area contributed by atoms with Crippen LogP contribution in [0.4, 0.5) is 0 Å². The number of carbonyl (C=O) groups is 1. The molecule has 1 aliphatic rings. The number of ether oxygens (including phenoxy) is 1. The Morgan fingerprint density at radius 3 is 2.46 bits per heavy atom. The van der Waals surface area contributed by atoms with Crippen LogP contribution in [0.25, 0.3) is 0 Å². The van der Waals surface area contributed by atoms with Crippen LogP contribution in [0.2, 0.25) is 5.02 Å². The van der Waals surface area contributed by atoms with Crippen LogP contribution in [-0.4, -0.2) is 73.5 Å². The van der Waals surface area contributed by atoms with E-state index in [9.17, 15) is 4.79 Å². The van der Waals surface area contributed by atoms with Crippen molar-refractivity contribution in [1.82, 2.24) is 14.7 Å². The molecule has 134 valence electrons. The SMILES string of the molecule is COc1ccc(Cl)cc1CN1CCN(CC(=O)N(C)C(C)C)CC1. The van der Waals surface area contributed by atoms with Gasteiger partial charge in [-0.1, -0.05) is 11.6 Å². The van der Waals surface area contributed by atoms with Gasteiger partial charge in [0.1, 0.15) is 5.75 Å². The normalized spacial score (nSPS) is 16.4. The van der Waals surface area contributed by atoms with E-state index < -0.39 is 0 Å². The summed E-state index contributed by atoms with van der Waals surface area (Å²) in [6.45, 7) is 9.08. The van der Waals surface area contributed by atoms with E-state index in [1.165, 1.54) is 0 Å². The minimum Gasteiger partial charge on any atom is -0.496 e. The molecule has 24 heavy (non-hydrogen) atoms. The van der Waals surface area contributed by atoms with E-state index in [0.717, 1.165) is 49.1 Å². The Morgan fingerprint density at radius 2 is 1.88 bits per heavy atom. The highest BCUT2D eigenvalue weighted by molar-refractivity contribution is 6.30. The quantitative estimate of drug-likeness (QED) is 0.786. The number of nitrogens with zero attached hydrogens (tertiary/aromatic N) is 3. The van der Waals surface area contributed by atoms with Gasteiger partial charge in [-0.15, -0.1) is 0 Å². The predicted molar refractivity (Wildman–Crippen MR) is 97.6 cm³/mol. The van der Waals surface area contributed by atoms with Gasteiger partial charge in [0.2, 0.25) is 5.91 Å². The van der Waals surface area contributed by atoms with Crippen LogP contribution in [0.15, 0.2) is 18.2 Å². The Bertz CT molecular complexity index is 557. The first kappa shape index (κ1) is 19.0.